The topological polar surface area (TPSA) is 47.5 Å². The van der Waals surface area contributed by atoms with E-state index in [2.05, 4.69) is 9.97 Å². The third-order valence-electron chi connectivity index (χ3n) is 5.20. The number of alkyl halides is 3. The Labute approximate surface area is 214 Å². The predicted molar refractivity (Wildman–Crippen MR) is 133 cm³/mol. The van der Waals surface area contributed by atoms with Crippen LogP contribution in [-0.2, 0) is 19.3 Å². The minimum absolute atomic E-state index is 0.0305. The van der Waals surface area contributed by atoms with Crippen LogP contribution in [0.3, 0.4) is 0 Å². The number of ether oxygens (including phenoxy) is 2. The zero-order valence-corrected chi connectivity index (χ0v) is 23.7. The number of hydrogen-bond donors (Lipinski definition) is 0. The fourth-order valence-corrected chi connectivity index (χ4v) is 7.33. The molecule has 0 aliphatic carbocycles. The zero-order valence-electron chi connectivity index (χ0n) is 20.8. The average Bonchev–Trinajstić information content (AvgIpc) is 2.77. The van der Waals surface area contributed by atoms with Crippen LogP contribution in [0.15, 0.2) is 48.5 Å². The molecule has 0 saturated carbocycles. The molecule has 0 fully saturated rings. The predicted octanol–water partition coefficient (Wildman–Crippen LogP) is 5.58. The average molecular weight is 592 g/mol. The molecule has 35 heavy (non-hydrogen) atoms. The molecule has 9 heteroatoms. The van der Waals surface area contributed by atoms with Crippen molar-refractivity contribution in [2.45, 2.75) is 50.4 Å². The van der Waals surface area contributed by atoms with Crippen LogP contribution < -0.4 is 18.1 Å². The molecule has 3 rings (SSSR count). The molecule has 0 amide bonds. The number of halogens is 3. The molecule has 1 aromatic heterocycles. The van der Waals surface area contributed by atoms with E-state index in [4.69, 9.17) is 9.47 Å². The van der Waals surface area contributed by atoms with Crippen LogP contribution >= 0.6 is 0 Å². The van der Waals surface area contributed by atoms with Crippen molar-refractivity contribution in [3.05, 3.63) is 70.9 Å². The third-order valence-corrected chi connectivity index (χ3v) is 9.05. The second-order valence-electron chi connectivity index (χ2n) is 9.26. The van der Waals surface area contributed by atoms with Gasteiger partial charge < -0.3 is 0 Å². The van der Waals surface area contributed by atoms with Crippen LogP contribution in [0.2, 0.25) is 3.43 Å². The van der Waals surface area contributed by atoms with Gasteiger partial charge in [0.05, 0.1) is 0 Å². The van der Waals surface area contributed by atoms with Crippen LogP contribution in [0, 0.1) is 6.92 Å². The van der Waals surface area contributed by atoms with Gasteiger partial charge in [-0.3, -0.25) is 0 Å². The SMILES string of the molecule is COc1ccc(CN(Cc2ccc(OC)cc2)c2nc(C)c(C(F)(F)F)[c]([Sn][C](C)(C)C)n2)cc1. The Kier molecular flexibility index (Phi) is 8.56. The summed E-state index contributed by atoms with van der Waals surface area (Å²) in [7, 11) is 3.20. The van der Waals surface area contributed by atoms with E-state index in [0.717, 1.165) is 22.6 Å². The van der Waals surface area contributed by atoms with Gasteiger partial charge in [0.25, 0.3) is 0 Å². The van der Waals surface area contributed by atoms with E-state index < -0.39 is 32.9 Å². The molecule has 0 aliphatic rings. The summed E-state index contributed by atoms with van der Waals surface area (Å²) in [4.78, 5) is 10.8. The van der Waals surface area contributed by atoms with E-state index in [1.54, 1.807) is 14.2 Å². The Morgan fingerprint density at radius 3 is 1.63 bits per heavy atom. The van der Waals surface area contributed by atoms with Gasteiger partial charge in [-0.15, -0.1) is 0 Å². The fraction of sp³-hybridized carbons (Fsp3) is 0.385. The number of methoxy groups -OCH3 is 2. The number of aryl methyl sites for hydroxylation is 1. The van der Waals surface area contributed by atoms with E-state index in [9.17, 15) is 13.2 Å². The first-order chi connectivity index (χ1) is 16.4. The third kappa shape index (κ3) is 7.49. The van der Waals surface area contributed by atoms with Crippen molar-refractivity contribution in [2.75, 3.05) is 19.1 Å². The fourth-order valence-electron chi connectivity index (χ4n) is 3.58. The molecule has 0 saturated heterocycles. The molecule has 0 N–H and O–H groups in total. The van der Waals surface area contributed by atoms with E-state index in [1.165, 1.54) is 6.92 Å². The Morgan fingerprint density at radius 2 is 1.26 bits per heavy atom. The summed E-state index contributed by atoms with van der Waals surface area (Å²) >= 11 is -1.69. The first kappa shape index (κ1) is 27.1. The second-order valence-corrected chi connectivity index (χ2v) is 15.6. The van der Waals surface area contributed by atoms with E-state index >= 15 is 0 Å². The molecule has 0 unspecified atom stereocenters. The van der Waals surface area contributed by atoms with Gasteiger partial charge in [0, 0.05) is 0 Å². The molecule has 3 aromatic rings. The molecular weight excluding hydrogens is 562 g/mol. The number of anilines is 1. The van der Waals surface area contributed by atoms with Gasteiger partial charge in [0.1, 0.15) is 0 Å². The van der Waals surface area contributed by atoms with Gasteiger partial charge >= 0.3 is 215 Å². The van der Waals surface area contributed by atoms with E-state index in [1.807, 2.05) is 74.2 Å². The molecule has 0 bridgehead atoms. The summed E-state index contributed by atoms with van der Waals surface area (Å²) in [6, 6.07) is 15.2. The zero-order chi connectivity index (χ0) is 25.8. The summed E-state index contributed by atoms with van der Waals surface area (Å²) in [5, 5.41) is 0. The molecular formula is C26H30F3N3O2Sn. The van der Waals surface area contributed by atoms with Gasteiger partial charge in [-0.05, 0) is 0 Å². The molecule has 186 valence electrons. The first-order valence-corrected chi connectivity index (χ1v) is 14.0. The number of aromatic nitrogens is 2. The van der Waals surface area contributed by atoms with Crippen LogP contribution in [0.1, 0.15) is 43.2 Å². The normalized spacial score (nSPS) is 11.9. The summed E-state index contributed by atoms with van der Waals surface area (Å²) < 4.78 is 52.4. The Morgan fingerprint density at radius 1 is 0.800 bits per heavy atom. The van der Waals surface area contributed by atoms with Gasteiger partial charge in [-0.25, -0.2) is 0 Å². The summed E-state index contributed by atoms with van der Waals surface area (Å²) in [6.45, 7) is 8.22. The van der Waals surface area contributed by atoms with Crippen molar-refractivity contribution in [1.29, 1.82) is 0 Å². The maximum absolute atomic E-state index is 14.0. The van der Waals surface area contributed by atoms with Gasteiger partial charge in [0.2, 0.25) is 0 Å². The summed E-state index contributed by atoms with van der Waals surface area (Å²) in [5.74, 6) is 1.77. The number of nitrogens with zero attached hydrogens (tertiary/aromatic N) is 3. The summed E-state index contributed by atoms with van der Waals surface area (Å²) in [6.07, 6.45) is -4.49. The molecule has 2 aromatic carbocycles. The quantitative estimate of drug-likeness (QED) is 0.320. The monoisotopic (exact) mass is 593 g/mol. The van der Waals surface area contributed by atoms with Gasteiger partial charge in [-0.1, -0.05) is 0 Å². The molecule has 5 nitrogen and oxygen atoms in total. The van der Waals surface area contributed by atoms with Crippen molar-refractivity contribution in [2.24, 2.45) is 0 Å². The molecule has 0 aliphatic heterocycles. The second kappa shape index (κ2) is 11.1. The molecule has 0 atom stereocenters. The van der Waals surface area contributed by atoms with Crippen molar-refractivity contribution >= 4 is 30.8 Å². The van der Waals surface area contributed by atoms with Crippen LogP contribution in [-0.4, -0.2) is 45.3 Å². The number of rotatable bonds is 8. The minimum atomic E-state index is -4.49. The standard InChI is InChI=1S/C22H21F3N3O2.C4H9.Sn/c1-15-20(22(23,24)25)12-26-21(27-15)28(13-16-4-8-18(29-2)9-5-16)14-17-6-10-19(30-3)11-7-17;1-4(2)3;/h4-11H,13-14H2,1-3H3;1-3H3;. The first-order valence-electron chi connectivity index (χ1n) is 11.1. The molecule has 2 radical (unpaired) electrons. The van der Waals surface area contributed by atoms with Gasteiger partial charge in [0.15, 0.2) is 0 Å². The van der Waals surface area contributed by atoms with Crippen molar-refractivity contribution in [1.82, 2.24) is 9.97 Å². The Bertz CT molecular complexity index is 1080. The van der Waals surface area contributed by atoms with Gasteiger partial charge in [-0.2, -0.15) is 0 Å². The van der Waals surface area contributed by atoms with Crippen LogP contribution in [0.25, 0.3) is 0 Å². The molecule has 1 heterocycles. The molecule has 0 spiro atoms. The van der Waals surface area contributed by atoms with Crippen molar-refractivity contribution in [3.8, 4) is 11.5 Å². The van der Waals surface area contributed by atoms with E-state index in [0.29, 0.717) is 19.0 Å². The van der Waals surface area contributed by atoms with Crippen molar-refractivity contribution < 1.29 is 22.6 Å². The maximum atomic E-state index is 14.0. The van der Waals surface area contributed by atoms with E-state index in [-0.39, 0.29) is 12.8 Å². The number of benzene rings is 2. The summed E-state index contributed by atoms with van der Waals surface area (Å²) in [5.41, 5.74) is 1.24. The van der Waals surface area contributed by atoms with Crippen LogP contribution in [0.5, 0.6) is 11.5 Å². The van der Waals surface area contributed by atoms with Crippen LogP contribution in [0.4, 0.5) is 19.1 Å². The number of hydrogen-bond acceptors (Lipinski definition) is 5. The Hall–Kier alpha value is -2.49. The Balaban J connectivity index is 2.07. The van der Waals surface area contributed by atoms with Crippen molar-refractivity contribution in [3.63, 3.8) is 0 Å².